The minimum atomic E-state index is 0.00495. The van der Waals surface area contributed by atoms with Crippen molar-refractivity contribution in [1.29, 1.82) is 0 Å². The third-order valence-electron chi connectivity index (χ3n) is 5.13. The summed E-state index contributed by atoms with van der Waals surface area (Å²) in [5.41, 5.74) is 1.43. The summed E-state index contributed by atoms with van der Waals surface area (Å²) in [6.45, 7) is 3.09. The number of rotatable bonds is 4. The summed E-state index contributed by atoms with van der Waals surface area (Å²) >= 11 is 0. The molecule has 0 aromatic carbocycles. The molecule has 3 heterocycles. The van der Waals surface area contributed by atoms with Crippen LogP contribution in [0.2, 0.25) is 0 Å². The summed E-state index contributed by atoms with van der Waals surface area (Å²) in [4.78, 5) is 30.3. The van der Waals surface area contributed by atoms with Gasteiger partial charge < -0.3 is 10.2 Å². The fraction of sp³-hybridized carbons (Fsp3) is 0.556. The van der Waals surface area contributed by atoms with Crippen LogP contribution in [0.1, 0.15) is 50.8 Å². The summed E-state index contributed by atoms with van der Waals surface area (Å²) in [6.07, 6.45) is 6.41. The first-order valence-corrected chi connectivity index (χ1v) is 9.01. The van der Waals surface area contributed by atoms with Crippen LogP contribution in [0.4, 0.5) is 5.69 Å². The standard InChI is InChI=1S/C18H23N5O2/c1-12(24)22-9-6-13(7-10-22)11-16(25)19-15-3-2-8-23-18(15)20-17(21-23)14-4-5-14/h2-3,8,13-14H,4-7,9-11H2,1H3,(H,19,25). The zero-order chi connectivity index (χ0) is 17.4. The Labute approximate surface area is 146 Å². The van der Waals surface area contributed by atoms with E-state index in [1.807, 2.05) is 23.2 Å². The Kier molecular flexibility index (Phi) is 4.15. The molecule has 2 aromatic rings. The van der Waals surface area contributed by atoms with Crippen LogP contribution in [0.5, 0.6) is 0 Å². The summed E-state index contributed by atoms with van der Waals surface area (Å²) in [5, 5.41) is 7.50. The molecule has 0 bridgehead atoms. The molecule has 1 aliphatic heterocycles. The number of anilines is 1. The van der Waals surface area contributed by atoms with Gasteiger partial charge in [0.1, 0.15) is 0 Å². The Bertz CT molecular complexity index is 803. The van der Waals surface area contributed by atoms with Gasteiger partial charge in [-0.25, -0.2) is 9.50 Å². The van der Waals surface area contributed by atoms with Crippen LogP contribution < -0.4 is 5.32 Å². The Morgan fingerprint density at radius 3 is 2.68 bits per heavy atom. The number of nitrogens with zero attached hydrogens (tertiary/aromatic N) is 4. The molecule has 0 spiro atoms. The summed E-state index contributed by atoms with van der Waals surface area (Å²) in [7, 11) is 0. The van der Waals surface area contributed by atoms with Gasteiger partial charge in [0.25, 0.3) is 0 Å². The first kappa shape index (κ1) is 16.1. The van der Waals surface area contributed by atoms with Gasteiger partial charge in [-0.3, -0.25) is 9.59 Å². The second-order valence-electron chi connectivity index (χ2n) is 7.14. The molecule has 0 atom stereocenters. The second-order valence-corrected chi connectivity index (χ2v) is 7.14. The van der Waals surface area contributed by atoms with E-state index in [4.69, 9.17) is 0 Å². The Balaban J connectivity index is 1.39. The molecule has 4 rings (SSSR count). The van der Waals surface area contributed by atoms with Gasteiger partial charge in [0, 0.05) is 38.5 Å². The van der Waals surface area contributed by atoms with Crippen molar-refractivity contribution in [2.45, 2.75) is 44.9 Å². The predicted molar refractivity (Wildman–Crippen MR) is 93.2 cm³/mol. The minimum Gasteiger partial charge on any atom is -0.343 e. The molecular formula is C18H23N5O2. The van der Waals surface area contributed by atoms with Crippen molar-refractivity contribution in [3.8, 4) is 0 Å². The van der Waals surface area contributed by atoms with Crippen molar-refractivity contribution in [1.82, 2.24) is 19.5 Å². The van der Waals surface area contributed by atoms with Crippen molar-refractivity contribution in [3.63, 3.8) is 0 Å². The number of nitrogens with one attached hydrogen (secondary N) is 1. The van der Waals surface area contributed by atoms with Gasteiger partial charge in [-0.15, -0.1) is 0 Å². The number of amides is 2. The van der Waals surface area contributed by atoms with Gasteiger partial charge >= 0.3 is 0 Å². The largest absolute Gasteiger partial charge is 0.343 e. The number of carbonyl (C=O) groups is 2. The van der Waals surface area contributed by atoms with E-state index in [0.717, 1.165) is 44.6 Å². The van der Waals surface area contributed by atoms with Gasteiger partial charge in [-0.05, 0) is 43.7 Å². The minimum absolute atomic E-state index is 0.00495. The third kappa shape index (κ3) is 3.50. The SMILES string of the molecule is CC(=O)N1CCC(CC(=O)Nc2cccn3nc(C4CC4)nc23)CC1. The topological polar surface area (TPSA) is 79.6 Å². The first-order chi connectivity index (χ1) is 12.1. The number of aromatic nitrogens is 3. The summed E-state index contributed by atoms with van der Waals surface area (Å²) in [6, 6.07) is 3.75. The van der Waals surface area contributed by atoms with E-state index in [1.54, 1.807) is 11.4 Å². The highest BCUT2D eigenvalue weighted by atomic mass is 16.2. The molecule has 1 N–H and O–H groups in total. The predicted octanol–water partition coefficient (Wildman–Crippen LogP) is 2.19. The molecule has 25 heavy (non-hydrogen) atoms. The quantitative estimate of drug-likeness (QED) is 0.924. The van der Waals surface area contributed by atoms with Crippen molar-refractivity contribution < 1.29 is 9.59 Å². The molecule has 2 aromatic heterocycles. The van der Waals surface area contributed by atoms with E-state index in [-0.39, 0.29) is 11.8 Å². The first-order valence-electron chi connectivity index (χ1n) is 9.01. The molecule has 7 nitrogen and oxygen atoms in total. The van der Waals surface area contributed by atoms with Crippen LogP contribution in [0, 0.1) is 5.92 Å². The van der Waals surface area contributed by atoms with Crippen molar-refractivity contribution >= 4 is 23.1 Å². The number of likely N-dealkylation sites (tertiary alicyclic amines) is 1. The van der Waals surface area contributed by atoms with E-state index in [2.05, 4.69) is 15.4 Å². The molecule has 0 radical (unpaired) electrons. The van der Waals surface area contributed by atoms with Crippen molar-refractivity contribution in [2.75, 3.05) is 18.4 Å². The van der Waals surface area contributed by atoms with E-state index < -0.39 is 0 Å². The average Bonchev–Trinajstić information content (AvgIpc) is 3.34. The molecule has 7 heteroatoms. The molecular weight excluding hydrogens is 318 g/mol. The fourth-order valence-electron chi connectivity index (χ4n) is 3.45. The summed E-state index contributed by atoms with van der Waals surface area (Å²) in [5.74, 6) is 1.81. The highest BCUT2D eigenvalue weighted by Crippen LogP contribution is 2.38. The third-order valence-corrected chi connectivity index (χ3v) is 5.13. The molecule has 1 saturated carbocycles. The van der Waals surface area contributed by atoms with E-state index in [9.17, 15) is 9.59 Å². The lowest BCUT2D eigenvalue weighted by molar-refractivity contribution is -0.130. The number of pyridine rings is 1. The highest BCUT2D eigenvalue weighted by Gasteiger charge is 2.28. The number of fused-ring (bicyclic) bond motifs is 1. The Morgan fingerprint density at radius 1 is 1.24 bits per heavy atom. The number of carbonyl (C=O) groups excluding carboxylic acids is 2. The van der Waals surface area contributed by atoms with Gasteiger partial charge in [-0.1, -0.05) is 0 Å². The molecule has 2 amide bonds. The van der Waals surface area contributed by atoms with Crippen LogP contribution in [-0.4, -0.2) is 44.4 Å². The zero-order valence-electron chi connectivity index (χ0n) is 14.4. The number of hydrogen-bond acceptors (Lipinski definition) is 4. The van der Waals surface area contributed by atoms with Crippen molar-refractivity contribution in [3.05, 3.63) is 24.2 Å². The van der Waals surface area contributed by atoms with Crippen LogP contribution >= 0.6 is 0 Å². The number of piperidine rings is 1. The maximum atomic E-state index is 12.4. The van der Waals surface area contributed by atoms with Crippen LogP contribution in [0.15, 0.2) is 18.3 Å². The van der Waals surface area contributed by atoms with Gasteiger partial charge in [-0.2, -0.15) is 5.10 Å². The fourth-order valence-corrected chi connectivity index (χ4v) is 3.45. The van der Waals surface area contributed by atoms with Crippen LogP contribution in [-0.2, 0) is 9.59 Å². The monoisotopic (exact) mass is 341 g/mol. The van der Waals surface area contributed by atoms with Crippen LogP contribution in [0.25, 0.3) is 5.65 Å². The molecule has 1 aliphatic carbocycles. The lowest BCUT2D eigenvalue weighted by Crippen LogP contribution is -2.37. The maximum Gasteiger partial charge on any atom is 0.224 e. The molecule has 2 fully saturated rings. The maximum absolute atomic E-state index is 12.4. The molecule has 132 valence electrons. The number of hydrogen-bond donors (Lipinski definition) is 1. The average molecular weight is 341 g/mol. The van der Waals surface area contributed by atoms with Gasteiger partial charge in [0.2, 0.25) is 11.8 Å². The lowest BCUT2D eigenvalue weighted by atomic mass is 9.93. The smallest absolute Gasteiger partial charge is 0.224 e. The lowest BCUT2D eigenvalue weighted by Gasteiger charge is -2.30. The highest BCUT2D eigenvalue weighted by molar-refractivity contribution is 5.94. The summed E-state index contributed by atoms with van der Waals surface area (Å²) < 4.78 is 1.74. The molecule has 2 aliphatic rings. The Morgan fingerprint density at radius 2 is 2.00 bits per heavy atom. The van der Waals surface area contributed by atoms with E-state index >= 15 is 0 Å². The van der Waals surface area contributed by atoms with Crippen LogP contribution in [0.3, 0.4) is 0 Å². The van der Waals surface area contributed by atoms with Gasteiger partial charge in [0.05, 0.1) is 5.69 Å². The van der Waals surface area contributed by atoms with Crippen molar-refractivity contribution in [2.24, 2.45) is 5.92 Å². The van der Waals surface area contributed by atoms with E-state index in [0.29, 0.717) is 29.6 Å². The Hall–Kier alpha value is -2.44. The molecule has 1 saturated heterocycles. The van der Waals surface area contributed by atoms with Gasteiger partial charge in [0.15, 0.2) is 11.5 Å². The molecule has 0 unspecified atom stereocenters. The van der Waals surface area contributed by atoms with E-state index in [1.165, 1.54) is 0 Å². The zero-order valence-corrected chi connectivity index (χ0v) is 14.4. The normalized spacial score (nSPS) is 18.5. The second kappa shape index (κ2) is 6.46.